The molecule has 2 aromatic rings. The molecule has 0 saturated heterocycles. The minimum Gasteiger partial charge on any atom is -0.353 e. The predicted molar refractivity (Wildman–Crippen MR) is 73.3 cm³/mol. The van der Waals surface area contributed by atoms with Crippen molar-refractivity contribution in [3.05, 3.63) is 25.8 Å². The van der Waals surface area contributed by atoms with Crippen LogP contribution in [0.2, 0.25) is 0 Å². The summed E-state index contributed by atoms with van der Waals surface area (Å²) in [6.07, 6.45) is 0.943. The topological polar surface area (TPSA) is 37.8 Å². The van der Waals surface area contributed by atoms with Crippen molar-refractivity contribution >= 4 is 43.7 Å². The summed E-state index contributed by atoms with van der Waals surface area (Å²) in [6.45, 7) is 4.22. The molecule has 0 bridgehead atoms. The summed E-state index contributed by atoms with van der Waals surface area (Å²) in [5.74, 6) is 0. The molecular formula is C10H12BrN3S2. The van der Waals surface area contributed by atoms with Crippen molar-refractivity contribution in [2.24, 2.45) is 0 Å². The summed E-state index contributed by atoms with van der Waals surface area (Å²) in [5.41, 5.74) is 0. The van der Waals surface area contributed by atoms with Gasteiger partial charge < -0.3 is 5.32 Å². The average Bonchev–Trinajstić information content (AvgIpc) is 2.87. The van der Waals surface area contributed by atoms with Crippen molar-refractivity contribution in [1.82, 2.24) is 10.2 Å². The van der Waals surface area contributed by atoms with Crippen LogP contribution < -0.4 is 5.32 Å². The van der Waals surface area contributed by atoms with Crippen LogP contribution in [0.4, 0.5) is 5.13 Å². The SMILES string of the molecule is CCc1nnc(NC(C)c2cc(Br)cs2)s1. The van der Waals surface area contributed by atoms with E-state index in [1.54, 1.807) is 22.7 Å². The third-order valence-electron chi connectivity index (χ3n) is 2.12. The molecule has 0 aliphatic heterocycles. The summed E-state index contributed by atoms with van der Waals surface area (Å²) in [6, 6.07) is 2.40. The van der Waals surface area contributed by atoms with Gasteiger partial charge in [-0.15, -0.1) is 21.5 Å². The maximum atomic E-state index is 4.11. The molecule has 0 aliphatic rings. The number of hydrogen-bond donors (Lipinski definition) is 1. The molecule has 0 aromatic carbocycles. The van der Waals surface area contributed by atoms with Gasteiger partial charge in [0.25, 0.3) is 0 Å². The van der Waals surface area contributed by atoms with Crippen LogP contribution in [0.5, 0.6) is 0 Å². The zero-order valence-electron chi connectivity index (χ0n) is 9.03. The molecule has 0 fully saturated rings. The van der Waals surface area contributed by atoms with Crippen LogP contribution in [0.25, 0.3) is 0 Å². The molecule has 0 spiro atoms. The quantitative estimate of drug-likeness (QED) is 0.922. The Labute approximate surface area is 111 Å². The maximum absolute atomic E-state index is 4.11. The fraction of sp³-hybridized carbons (Fsp3) is 0.400. The molecule has 0 saturated carbocycles. The highest BCUT2D eigenvalue weighted by molar-refractivity contribution is 9.10. The minimum atomic E-state index is 0.272. The van der Waals surface area contributed by atoms with Crippen LogP contribution in [0.3, 0.4) is 0 Å². The first-order valence-corrected chi connectivity index (χ1v) is 7.50. The Bertz CT molecular complexity index is 466. The Morgan fingerprint density at radius 2 is 2.31 bits per heavy atom. The smallest absolute Gasteiger partial charge is 0.206 e. The van der Waals surface area contributed by atoms with Gasteiger partial charge in [0.15, 0.2) is 0 Å². The van der Waals surface area contributed by atoms with Crippen molar-refractivity contribution < 1.29 is 0 Å². The third kappa shape index (κ3) is 2.81. The summed E-state index contributed by atoms with van der Waals surface area (Å²) < 4.78 is 1.13. The Hall–Kier alpha value is -0.460. The summed E-state index contributed by atoms with van der Waals surface area (Å²) in [5, 5.41) is 15.6. The molecule has 0 radical (unpaired) electrons. The van der Waals surface area contributed by atoms with Gasteiger partial charge in [0, 0.05) is 14.7 Å². The fourth-order valence-corrected chi connectivity index (χ4v) is 3.49. The van der Waals surface area contributed by atoms with E-state index in [4.69, 9.17) is 0 Å². The molecule has 2 rings (SSSR count). The molecule has 1 atom stereocenters. The van der Waals surface area contributed by atoms with E-state index in [2.05, 4.69) is 56.7 Å². The molecule has 0 amide bonds. The molecule has 16 heavy (non-hydrogen) atoms. The van der Waals surface area contributed by atoms with Gasteiger partial charge in [-0.3, -0.25) is 0 Å². The number of nitrogens with zero attached hydrogens (tertiary/aromatic N) is 2. The predicted octanol–water partition coefficient (Wildman–Crippen LogP) is 4.10. The lowest BCUT2D eigenvalue weighted by Gasteiger charge is -2.09. The lowest BCUT2D eigenvalue weighted by Crippen LogP contribution is -2.04. The molecule has 3 nitrogen and oxygen atoms in total. The number of anilines is 1. The summed E-state index contributed by atoms with van der Waals surface area (Å²) in [4.78, 5) is 1.29. The van der Waals surface area contributed by atoms with E-state index in [-0.39, 0.29) is 6.04 Å². The number of aromatic nitrogens is 2. The fourth-order valence-electron chi connectivity index (χ4n) is 1.27. The first-order valence-electron chi connectivity index (χ1n) is 5.02. The van der Waals surface area contributed by atoms with Crippen molar-refractivity contribution in [2.75, 3.05) is 5.32 Å². The van der Waals surface area contributed by atoms with E-state index in [9.17, 15) is 0 Å². The zero-order chi connectivity index (χ0) is 11.5. The highest BCUT2D eigenvalue weighted by Crippen LogP contribution is 2.28. The van der Waals surface area contributed by atoms with Crippen molar-refractivity contribution in [3.63, 3.8) is 0 Å². The second kappa shape index (κ2) is 5.25. The molecular weight excluding hydrogens is 306 g/mol. The number of hydrogen-bond acceptors (Lipinski definition) is 5. The van der Waals surface area contributed by atoms with Gasteiger partial charge in [-0.25, -0.2) is 0 Å². The standard InChI is InChI=1S/C10H12BrN3S2/c1-3-9-13-14-10(16-9)12-6(2)8-4-7(11)5-15-8/h4-6H,3H2,1-2H3,(H,12,14). The Balaban J connectivity index is 2.04. The van der Waals surface area contributed by atoms with E-state index in [0.717, 1.165) is 21.0 Å². The second-order valence-electron chi connectivity index (χ2n) is 3.39. The minimum absolute atomic E-state index is 0.272. The number of thiophene rings is 1. The number of rotatable bonds is 4. The third-order valence-corrected chi connectivity index (χ3v) is 5.00. The Morgan fingerprint density at radius 3 is 2.88 bits per heavy atom. The largest absolute Gasteiger partial charge is 0.353 e. The highest BCUT2D eigenvalue weighted by Gasteiger charge is 2.10. The molecule has 6 heteroatoms. The van der Waals surface area contributed by atoms with Crippen molar-refractivity contribution in [1.29, 1.82) is 0 Å². The van der Waals surface area contributed by atoms with E-state index < -0.39 is 0 Å². The molecule has 86 valence electrons. The number of nitrogens with one attached hydrogen (secondary N) is 1. The molecule has 1 N–H and O–H groups in total. The van der Waals surface area contributed by atoms with Gasteiger partial charge in [0.1, 0.15) is 5.01 Å². The van der Waals surface area contributed by atoms with Crippen LogP contribution in [-0.4, -0.2) is 10.2 Å². The normalized spacial score (nSPS) is 12.7. The molecule has 2 aromatic heterocycles. The Morgan fingerprint density at radius 1 is 1.50 bits per heavy atom. The average molecular weight is 318 g/mol. The summed E-state index contributed by atoms with van der Waals surface area (Å²) in [7, 11) is 0. The van der Waals surface area contributed by atoms with Gasteiger partial charge in [0.2, 0.25) is 5.13 Å². The van der Waals surface area contributed by atoms with Crippen LogP contribution in [0.15, 0.2) is 15.9 Å². The maximum Gasteiger partial charge on any atom is 0.206 e. The van der Waals surface area contributed by atoms with Crippen LogP contribution in [-0.2, 0) is 6.42 Å². The molecule has 1 unspecified atom stereocenters. The van der Waals surface area contributed by atoms with Gasteiger partial charge in [0.05, 0.1) is 6.04 Å². The van der Waals surface area contributed by atoms with Crippen LogP contribution in [0, 0.1) is 0 Å². The molecule has 0 aliphatic carbocycles. The first kappa shape index (κ1) is 12.0. The lowest BCUT2D eigenvalue weighted by molar-refractivity contribution is 0.889. The van der Waals surface area contributed by atoms with Gasteiger partial charge in [-0.05, 0) is 35.3 Å². The second-order valence-corrected chi connectivity index (χ2v) is 6.31. The van der Waals surface area contributed by atoms with E-state index in [0.29, 0.717) is 0 Å². The number of halogens is 1. The van der Waals surface area contributed by atoms with E-state index in [1.165, 1.54) is 4.88 Å². The zero-order valence-corrected chi connectivity index (χ0v) is 12.2. The monoisotopic (exact) mass is 317 g/mol. The summed E-state index contributed by atoms with van der Waals surface area (Å²) >= 11 is 6.82. The first-order chi connectivity index (χ1) is 7.69. The van der Waals surface area contributed by atoms with Gasteiger partial charge in [-0.2, -0.15) is 0 Å². The lowest BCUT2D eigenvalue weighted by atomic mass is 10.3. The van der Waals surface area contributed by atoms with Crippen molar-refractivity contribution in [3.8, 4) is 0 Å². The highest BCUT2D eigenvalue weighted by atomic mass is 79.9. The van der Waals surface area contributed by atoms with Crippen molar-refractivity contribution in [2.45, 2.75) is 26.3 Å². The van der Waals surface area contributed by atoms with Crippen LogP contribution >= 0.6 is 38.6 Å². The molecule has 2 heterocycles. The number of aryl methyl sites for hydroxylation is 1. The Kier molecular flexibility index (Phi) is 3.94. The van der Waals surface area contributed by atoms with Gasteiger partial charge >= 0.3 is 0 Å². The van der Waals surface area contributed by atoms with Crippen LogP contribution in [0.1, 0.15) is 29.8 Å². The van der Waals surface area contributed by atoms with E-state index in [1.807, 2.05) is 0 Å². The van der Waals surface area contributed by atoms with E-state index >= 15 is 0 Å². The van der Waals surface area contributed by atoms with Gasteiger partial charge in [-0.1, -0.05) is 18.3 Å².